The Morgan fingerprint density at radius 2 is 2.06 bits per heavy atom. The molecule has 92 valence electrons. The van der Waals surface area contributed by atoms with Gasteiger partial charge in [-0.25, -0.2) is 0 Å². The van der Waals surface area contributed by atoms with Crippen molar-refractivity contribution < 1.29 is 14.3 Å². The SMILES string of the molecule is CCOC(=O)CC(=O)c1cccc2ncccc12. The van der Waals surface area contributed by atoms with E-state index in [1.54, 1.807) is 31.3 Å². The molecule has 0 N–H and O–H groups in total. The Balaban J connectivity index is 2.30. The standard InChI is InChI=1S/C14H13NO3/c1-2-18-14(17)9-13(16)11-5-3-7-12-10(11)6-4-8-15-12/h3-8H,2,9H2,1H3. The molecular formula is C14H13NO3. The highest BCUT2D eigenvalue weighted by molar-refractivity contribution is 6.12. The van der Waals surface area contributed by atoms with Crippen molar-refractivity contribution in [1.82, 2.24) is 4.98 Å². The van der Waals surface area contributed by atoms with Crippen molar-refractivity contribution in [3.05, 3.63) is 42.1 Å². The van der Waals surface area contributed by atoms with Crippen molar-refractivity contribution >= 4 is 22.7 Å². The Morgan fingerprint density at radius 3 is 2.83 bits per heavy atom. The summed E-state index contributed by atoms with van der Waals surface area (Å²) in [5, 5.41) is 0.759. The summed E-state index contributed by atoms with van der Waals surface area (Å²) in [6.45, 7) is 1.99. The second-order valence-electron chi connectivity index (χ2n) is 3.78. The van der Waals surface area contributed by atoms with Crippen molar-refractivity contribution in [2.75, 3.05) is 6.61 Å². The van der Waals surface area contributed by atoms with Gasteiger partial charge in [0, 0.05) is 17.1 Å². The number of esters is 1. The van der Waals surface area contributed by atoms with Gasteiger partial charge in [0.15, 0.2) is 5.78 Å². The van der Waals surface area contributed by atoms with Crippen LogP contribution in [0.15, 0.2) is 36.5 Å². The van der Waals surface area contributed by atoms with E-state index < -0.39 is 5.97 Å². The molecule has 0 aliphatic rings. The number of carbonyl (C=O) groups is 2. The summed E-state index contributed by atoms with van der Waals surface area (Å²) in [6, 6.07) is 8.87. The fraction of sp³-hybridized carbons (Fsp3) is 0.214. The van der Waals surface area contributed by atoms with Crippen LogP contribution in [0.3, 0.4) is 0 Å². The van der Waals surface area contributed by atoms with Gasteiger partial charge in [-0.1, -0.05) is 18.2 Å². The van der Waals surface area contributed by atoms with Crippen molar-refractivity contribution in [2.24, 2.45) is 0 Å². The number of fused-ring (bicyclic) bond motifs is 1. The molecule has 0 saturated carbocycles. The molecule has 0 fully saturated rings. The fourth-order valence-corrected chi connectivity index (χ4v) is 1.78. The first-order chi connectivity index (χ1) is 8.72. The second kappa shape index (κ2) is 5.40. The summed E-state index contributed by atoms with van der Waals surface area (Å²) in [6.07, 6.45) is 1.43. The van der Waals surface area contributed by atoms with Gasteiger partial charge in [-0.05, 0) is 19.1 Å². The normalized spacial score (nSPS) is 10.3. The zero-order valence-corrected chi connectivity index (χ0v) is 10.1. The topological polar surface area (TPSA) is 56.3 Å². The molecule has 0 saturated heterocycles. The second-order valence-corrected chi connectivity index (χ2v) is 3.78. The van der Waals surface area contributed by atoms with E-state index in [0.29, 0.717) is 5.56 Å². The predicted octanol–water partition coefficient (Wildman–Crippen LogP) is 2.37. The highest BCUT2D eigenvalue weighted by Crippen LogP contribution is 2.18. The van der Waals surface area contributed by atoms with Crippen LogP contribution < -0.4 is 0 Å². The molecular weight excluding hydrogens is 230 g/mol. The first kappa shape index (κ1) is 12.2. The number of carbonyl (C=O) groups excluding carboxylic acids is 2. The van der Waals surface area contributed by atoms with Gasteiger partial charge in [-0.2, -0.15) is 0 Å². The van der Waals surface area contributed by atoms with E-state index in [1.807, 2.05) is 12.1 Å². The third kappa shape index (κ3) is 2.53. The number of aromatic nitrogens is 1. The van der Waals surface area contributed by atoms with Gasteiger partial charge in [0.05, 0.1) is 12.1 Å². The molecule has 0 unspecified atom stereocenters. The third-order valence-corrected chi connectivity index (χ3v) is 2.56. The van der Waals surface area contributed by atoms with Crippen LogP contribution in [0, 0.1) is 0 Å². The zero-order chi connectivity index (χ0) is 13.0. The molecule has 0 amide bonds. The monoisotopic (exact) mass is 243 g/mol. The number of nitrogens with zero attached hydrogens (tertiary/aromatic N) is 1. The summed E-state index contributed by atoms with van der Waals surface area (Å²) in [4.78, 5) is 27.5. The Kier molecular flexibility index (Phi) is 3.67. The predicted molar refractivity (Wildman–Crippen MR) is 67.3 cm³/mol. The van der Waals surface area contributed by atoms with E-state index in [-0.39, 0.29) is 18.8 Å². The number of rotatable bonds is 4. The summed E-state index contributed by atoms with van der Waals surface area (Å²) < 4.78 is 4.77. The van der Waals surface area contributed by atoms with Crippen LogP contribution in [0.25, 0.3) is 10.9 Å². The highest BCUT2D eigenvalue weighted by atomic mass is 16.5. The lowest BCUT2D eigenvalue weighted by Crippen LogP contribution is -2.11. The molecule has 0 bridgehead atoms. The van der Waals surface area contributed by atoms with Gasteiger partial charge >= 0.3 is 5.97 Å². The minimum Gasteiger partial charge on any atom is -0.466 e. The maximum atomic E-state index is 12.0. The van der Waals surface area contributed by atoms with E-state index in [0.717, 1.165) is 10.9 Å². The summed E-state index contributed by atoms with van der Waals surface area (Å²) in [5.41, 5.74) is 1.25. The van der Waals surface area contributed by atoms with Gasteiger partial charge in [0.1, 0.15) is 6.42 Å². The third-order valence-electron chi connectivity index (χ3n) is 2.56. The lowest BCUT2D eigenvalue weighted by atomic mass is 10.0. The Morgan fingerprint density at radius 1 is 1.22 bits per heavy atom. The Bertz CT molecular complexity index is 587. The molecule has 0 aliphatic heterocycles. The number of benzene rings is 1. The Labute approximate surface area is 105 Å². The summed E-state index contributed by atoms with van der Waals surface area (Å²) >= 11 is 0. The van der Waals surface area contributed by atoms with E-state index in [4.69, 9.17) is 4.74 Å². The van der Waals surface area contributed by atoms with Gasteiger partial charge < -0.3 is 4.74 Å². The van der Waals surface area contributed by atoms with Crippen molar-refractivity contribution in [3.8, 4) is 0 Å². The fourth-order valence-electron chi connectivity index (χ4n) is 1.78. The van der Waals surface area contributed by atoms with E-state index in [2.05, 4.69) is 4.98 Å². The van der Waals surface area contributed by atoms with Crippen LogP contribution in [-0.4, -0.2) is 23.3 Å². The Hall–Kier alpha value is -2.23. The van der Waals surface area contributed by atoms with Gasteiger partial charge in [0.2, 0.25) is 0 Å². The maximum Gasteiger partial charge on any atom is 0.313 e. The molecule has 2 rings (SSSR count). The highest BCUT2D eigenvalue weighted by Gasteiger charge is 2.15. The van der Waals surface area contributed by atoms with Crippen molar-refractivity contribution in [3.63, 3.8) is 0 Å². The summed E-state index contributed by atoms with van der Waals surface area (Å²) in [7, 11) is 0. The van der Waals surface area contributed by atoms with Crippen LogP contribution in [0.1, 0.15) is 23.7 Å². The molecule has 0 aliphatic carbocycles. The molecule has 4 heteroatoms. The quantitative estimate of drug-likeness (QED) is 0.470. The summed E-state index contributed by atoms with van der Waals surface area (Å²) in [5.74, 6) is -0.740. The lowest BCUT2D eigenvalue weighted by molar-refractivity contribution is -0.141. The number of ketones is 1. The average Bonchev–Trinajstić information content (AvgIpc) is 2.38. The van der Waals surface area contributed by atoms with Crippen LogP contribution in [-0.2, 0) is 9.53 Å². The lowest BCUT2D eigenvalue weighted by Gasteiger charge is -2.05. The van der Waals surface area contributed by atoms with E-state index in [9.17, 15) is 9.59 Å². The number of hydrogen-bond acceptors (Lipinski definition) is 4. The molecule has 1 heterocycles. The van der Waals surface area contributed by atoms with Crippen LogP contribution in [0.5, 0.6) is 0 Å². The van der Waals surface area contributed by atoms with Gasteiger partial charge in [0.25, 0.3) is 0 Å². The van der Waals surface area contributed by atoms with Crippen molar-refractivity contribution in [1.29, 1.82) is 0 Å². The van der Waals surface area contributed by atoms with E-state index in [1.165, 1.54) is 0 Å². The molecule has 1 aromatic carbocycles. The molecule has 0 radical (unpaired) electrons. The number of hydrogen-bond donors (Lipinski definition) is 0. The van der Waals surface area contributed by atoms with Crippen LogP contribution >= 0.6 is 0 Å². The molecule has 1 aromatic heterocycles. The molecule has 2 aromatic rings. The molecule has 18 heavy (non-hydrogen) atoms. The minimum atomic E-state index is -0.497. The van der Waals surface area contributed by atoms with E-state index >= 15 is 0 Å². The largest absolute Gasteiger partial charge is 0.466 e. The molecule has 0 atom stereocenters. The van der Waals surface area contributed by atoms with Crippen LogP contribution in [0.2, 0.25) is 0 Å². The van der Waals surface area contributed by atoms with Gasteiger partial charge in [-0.3, -0.25) is 14.6 Å². The maximum absolute atomic E-state index is 12.0. The molecule has 0 spiro atoms. The first-order valence-electron chi connectivity index (χ1n) is 5.75. The first-order valence-corrected chi connectivity index (χ1v) is 5.75. The number of pyridine rings is 1. The molecule has 4 nitrogen and oxygen atoms in total. The smallest absolute Gasteiger partial charge is 0.313 e. The van der Waals surface area contributed by atoms with Crippen LogP contribution in [0.4, 0.5) is 0 Å². The van der Waals surface area contributed by atoms with Gasteiger partial charge in [-0.15, -0.1) is 0 Å². The van der Waals surface area contributed by atoms with Crippen molar-refractivity contribution in [2.45, 2.75) is 13.3 Å². The number of Topliss-reactive ketones (excluding diaryl/α,β-unsaturated/α-hetero) is 1. The minimum absolute atomic E-state index is 0.234. The zero-order valence-electron chi connectivity index (χ0n) is 10.1. The number of ether oxygens (including phenoxy) is 1. The average molecular weight is 243 g/mol.